The minimum absolute atomic E-state index is 0.155. The summed E-state index contributed by atoms with van der Waals surface area (Å²) in [7, 11) is -2.69. The molecule has 0 aliphatic carbocycles. The number of hydrogen-bond acceptors (Lipinski definition) is 4. The third-order valence-corrected chi connectivity index (χ3v) is 3.00. The van der Waals surface area contributed by atoms with Gasteiger partial charge in [0.05, 0.1) is 5.92 Å². The smallest absolute Gasteiger partial charge is 0.348 e. The SMILES string of the molecule is CC1C(=O)N(C)S(=O)(=O)N=C1N. The molecule has 68 valence electrons. The maximum absolute atomic E-state index is 11.1. The zero-order chi connectivity index (χ0) is 9.52. The maximum atomic E-state index is 11.1. The summed E-state index contributed by atoms with van der Waals surface area (Å²) >= 11 is 0. The van der Waals surface area contributed by atoms with E-state index in [9.17, 15) is 13.2 Å². The van der Waals surface area contributed by atoms with Crippen molar-refractivity contribution in [3.8, 4) is 0 Å². The van der Waals surface area contributed by atoms with Gasteiger partial charge >= 0.3 is 10.2 Å². The van der Waals surface area contributed by atoms with Gasteiger partial charge in [-0.05, 0) is 6.92 Å². The minimum atomic E-state index is -3.85. The topological polar surface area (TPSA) is 92.8 Å². The molecular formula is C5H9N3O3S. The zero-order valence-electron chi connectivity index (χ0n) is 6.68. The van der Waals surface area contributed by atoms with Crippen molar-refractivity contribution in [2.75, 3.05) is 7.05 Å². The highest BCUT2D eigenvalue weighted by Gasteiger charge is 2.34. The van der Waals surface area contributed by atoms with Crippen molar-refractivity contribution in [1.29, 1.82) is 0 Å². The molecule has 0 aromatic carbocycles. The van der Waals surface area contributed by atoms with Crippen molar-refractivity contribution in [1.82, 2.24) is 4.31 Å². The van der Waals surface area contributed by atoms with Crippen LogP contribution in [0.1, 0.15) is 6.92 Å². The van der Waals surface area contributed by atoms with Crippen LogP contribution in [-0.2, 0) is 15.0 Å². The van der Waals surface area contributed by atoms with Crippen LogP contribution in [0.4, 0.5) is 0 Å². The molecule has 12 heavy (non-hydrogen) atoms. The molecule has 7 heteroatoms. The third-order valence-electron chi connectivity index (χ3n) is 1.69. The normalized spacial score (nSPS) is 28.5. The second-order valence-corrected chi connectivity index (χ2v) is 4.15. The summed E-state index contributed by atoms with van der Waals surface area (Å²) in [6.07, 6.45) is 0. The second-order valence-electron chi connectivity index (χ2n) is 2.52. The number of carbonyl (C=O) groups is 1. The van der Waals surface area contributed by atoms with E-state index in [1.165, 1.54) is 6.92 Å². The number of amides is 1. The van der Waals surface area contributed by atoms with Gasteiger partial charge in [-0.3, -0.25) is 4.79 Å². The molecule has 0 radical (unpaired) electrons. The van der Waals surface area contributed by atoms with Gasteiger partial charge in [0.1, 0.15) is 5.84 Å². The molecule has 2 N–H and O–H groups in total. The van der Waals surface area contributed by atoms with Gasteiger partial charge in [-0.25, -0.2) is 4.31 Å². The highest BCUT2D eigenvalue weighted by molar-refractivity contribution is 7.88. The lowest BCUT2D eigenvalue weighted by molar-refractivity contribution is -0.127. The van der Waals surface area contributed by atoms with E-state index in [1.54, 1.807) is 0 Å². The van der Waals surface area contributed by atoms with E-state index >= 15 is 0 Å². The van der Waals surface area contributed by atoms with Crippen molar-refractivity contribution < 1.29 is 13.2 Å². The number of amidine groups is 1. The Morgan fingerprint density at radius 3 is 2.58 bits per heavy atom. The van der Waals surface area contributed by atoms with Crippen molar-refractivity contribution in [3.05, 3.63) is 0 Å². The van der Waals surface area contributed by atoms with Crippen molar-refractivity contribution in [3.63, 3.8) is 0 Å². The molecule has 0 fully saturated rings. The lowest BCUT2D eigenvalue weighted by Gasteiger charge is -2.23. The fourth-order valence-corrected chi connectivity index (χ4v) is 1.72. The maximum Gasteiger partial charge on any atom is 0.348 e. The molecule has 1 unspecified atom stereocenters. The van der Waals surface area contributed by atoms with Crippen molar-refractivity contribution in [2.24, 2.45) is 16.0 Å². The summed E-state index contributed by atoms with van der Waals surface area (Å²) < 4.78 is 25.8. The second kappa shape index (κ2) is 2.44. The quantitative estimate of drug-likeness (QED) is 0.514. The Morgan fingerprint density at radius 2 is 2.08 bits per heavy atom. The van der Waals surface area contributed by atoms with Crippen molar-refractivity contribution >= 4 is 22.0 Å². The largest absolute Gasteiger partial charge is 0.386 e. The first-order chi connectivity index (χ1) is 5.36. The summed E-state index contributed by atoms with van der Waals surface area (Å²) in [5.74, 6) is -1.36. The molecule has 1 atom stereocenters. The number of hydrogen-bond donors (Lipinski definition) is 1. The van der Waals surface area contributed by atoms with Gasteiger partial charge in [0.25, 0.3) is 0 Å². The molecule has 0 aromatic rings. The number of nitrogens with two attached hydrogens (primary N) is 1. The van der Waals surface area contributed by atoms with Crippen LogP contribution in [0.25, 0.3) is 0 Å². The standard InChI is InChI=1S/C5H9N3O3S/c1-3-4(6)7-12(10,11)8(2)5(3)9/h3H,1-2H3,(H2,6,7). The molecule has 0 saturated carbocycles. The lowest BCUT2D eigenvalue weighted by Crippen LogP contribution is -2.46. The van der Waals surface area contributed by atoms with E-state index in [0.717, 1.165) is 7.05 Å². The van der Waals surface area contributed by atoms with Crippen LogP contribution < -0.4 is 5.73 Å². The van der Waals surface area contributed by atoms with Crippen LogP contribution >= 0.6 is 0 Å². The predicted octanol–water partition coefficient (Wildman–Crippen LogP) is -1.30. The number of nitrogens with zero attached hydrogens (tertiary/aromatic N) is 2. The highest BCUT2D eigenvalue weighted by Crippen LogP contribution is 2.13. The molecule has 1 aliphatic rings. The van der Waals surface area contributed by atoms with Gasteiger partial charge in [0.15, 0.2) is 0 Å². The first-order valence-electron chi connectivity index (χ1n) is 3.24. The molecule has 1 heterocycles. The molecule has 0 saturated heterocycles. The molecule has 6 nitrogen and oxygen atoms in total. The van der Waals surface area contributed by atoms with E-state index in [0.29, 0.717) is 4.31 Å². The van der Waals surface area contributed by atoms with Crippen LogP contribution in [-0.4, -0.2) is 31.5 Å². The van der Waals surface area contributed by atoms with E-state index < -0.39 is 22.0 Å². The van der Waals surface area contributed by atoms with E-state index in [4.69, 9.17) is 5.73 Å². The summed E-state index contributed by atoms with van der Waals surface area (Å²) in [5.41, 5.74) is 5.23. The van der Waals surface area contributed by atoms with Crippen LogP contribution in [0.3, 0.4) is 0 Å². The Kier molecular flexibility index (Phi) is 1.83. The summed E-state index contributed by atoms with van der Waals surface area (Å²) in [6, 6.07) is 0. The van der Waals surface area contributed by atoms with E-state index in [1.807, 2.05) is 0 Å². The lowest BCUT2D eigenvalue weighted by atomic mass is 10.1. The summed E-state index contributed by atoms with van der Waals surface area (Å²) in [5, 5.41) is 0. The van der Waals surface area contributed by atoms with Crippen LogP contribution in [0.2, 0.25) is 0 Å². The average molecular weight is 191 g/mol. The number of rotatable bonds is 0. The molecule has 1 amide bonds. The van der Waals surface area contributed by atoms with E-state index in [2.05, 4.69) is 4.40 Å². The van der Waals surface area contributed by atoms with Gasteiger partial charge < -0.3 is 5.73 Å². The Bertz CT molecular complexity index is 345. The van der Waals surface area contributed by atoms with Gasteiger partial charge in [-0.15, -0.1) is 4.40 Å². The minimum Gasteiger partial charge on any atom is -0.386 e. The van der Waals surface area contributed by atoms with Gasteiger partial charge in [0, 0.05) is 7.05 Å². The molecule has 0 bridgehead atoms. The fourth-order valence-electron chi connectivity index (χ4n) is 0.786. The number of carbonyl (C=O) groups excluding carboxylic acids is 1. The molecule has 0 spiro atoms. The Balaban J connectivity index is 3.27. The van der Waals surface area contributed by atoms with E-state index in [-0.39, 0.29) is 5.84 Å². The van der Waals surface area contributed by atoms with Gasteiger partial charge in [-0.2, -0.15) is 8.42 Å². The predicted molar refractivity (Wildman–Crippen MR) is 42.5 cm³/mol. The van der Waals surface area contributed by atoms with Crippen molar-refractivity contribution in [2.45, 2.75) is 6.92 Å². The third kappa shape index (κ3) is 1.15. The van der Waals surface area contributed by atoms with Crippen LogP contribution in [0, 0.1) is 5.92 Å². The Hall–Kier alpha value is -1.11. The molecule has 1 aliphatic heterocycles. The monoisotopic (exact) mass is 191 g/mol. The highest BCUT2D eigenvalue weighted by atomic mass is 32.2. The summed E-state index contributed by atoms with van der Waals surface area (Å²) in [6.45, 7) is 1.51. The first-order valence-corrected chi connectivity index (χ1v) is 4.64. The fraction of sp³-hybridized carbons (Fsp3) is 0.600. The van der Waals surface area contributed by atoms with Crippen LogP contribution in [0.15, 0.2) is 4.40 Å². The average Bonchev–Trinajstić information content (AvgIpc) is 1.97. The Labute approximate surface area is 70.2 Å². The molecular weight excluding hydrogens is 182 g/mol. The Morgan fingerprint density at radius 1 is 1.58 bits per heavy atom. The zero-order valence-corrected chi connectivity index (χ0v) is 7.50. The molecule has 0 aromatic heterocycles. The van der Waals surface area contributed by atoms with Crippen LogP contribution in [0.5, 0.6) is 0 Å². The molecule has 1 rings (SSSR count). The van der Waals surface area contributed by atoms with Gasteiger partial charge in [0.2, 0.25) is 5.91 Å². The summed E-state index contributed by atoms with van der Waals surface area (Å²) in [4.78, 5) is 11.1. The van der Waals surface area contributed by atoms with Gasteiger partial charge in [-0.1, -0.05) is 0 Å². The first kappa shape index (κ1) is 8.98.